The van der Waals surface area contributed by atoms with Crippen LogP contribution in [-0.4, -0.2) is 10.2 Å². The van der Waals surface area contributed by atoms with Gasteiger partial charge >= 0.3 is 6.18 Å². The molecule has 1 N–H and O–H groups in total. The van der Waals surface area contributed by atoms with E-state index >= 15 is 0 Å². The molecule has 2 aromatic rings. The minimum Gasteiger partial charge on any atom is -0.469 e. The van der Waals surface area contributed by atoms with Crippen LogP contribution in [0.4, 0.5) is 13.2 Å². The summed E-state index contributed by atoms with van der Waals surface area (Å²) in [7, 11) is 0. The van der Waals surface area contributed by atoms with E-state index in [1.807, 2.05) is 5.10 Å². The lowest BCUT2D eigenvalue weighted by atomic mass is 10.1. The maximum absolute atomic E-state index is 12.4. The highest BCUT2D eigenvalue weighted by atomic mass is 19.4. The Hall–Kier alpha value is -1.72. The fourth-order valence-electron chi connectivity index (χ4n) is 1.29. The number of alkyl halides is 3. The summed E-state index contributed by atoms with van der Waals surface area (Å²) in [5.74, 6) is 0.474. The van der Waals surface area contributed by atoms with Crippen LogP contribution in [0.2, 0.25) is 0 Å². The van der Waals surface area contributed by atoms with E-state index < -0.39 is 11.9 Å². The van der Waals surface area contributed by atoms with E-state index in [9.17, 15) is 13.2 Å². The van der Waals surface area contributed by atoms with E-state index in [1.54, 1.807) is 12.1 Å². The van der Waals surface area contributed by atoms with Crippen molar-refractivity contribution in [2.45, 2.75) is 12.6 Å². The third kappa shape index (κ3) is 2.03. The third-order valence-corrected chi connectivity index (χ3v) is 1.95. The second kappa shape index (κ2) is 3.45. The van der Waals surface area contributed by atoms with Crippen LogP contribution in [0, 0.1) is 0 Å². The summed E-state index contributed by atoms with van der Waals surface area (Å²) < 4.78 is 42.2. The van der Waals surface area contributed by atoms with Crippen molar-refractivity contribution >= 4 is 0 Å². The summed E-state index contributed by atoms with van der Waals surface area (Å²) in [6.07, 6.45) is -1.75. The highest BCUT2D eigenvalue weighted by Gasteiger charge is 2.35. The molecule has 0 amide bonds. The van der Waals surface area contributed by atoms with E-state index in [0.717, 1.165) is 6.20 Å². The standard InChI is InChI=1S/C9H7F3N2O/c10-9(11,12)8-6(5-13-14-8)4-7-2-1-3-15-7/h1-3,5H,4H2,(H,13,14). The summed E-state index contributed by atoms with van der Waals surface area (Å²) in [5, 5.41) is 5.32. The number of halogens is 3. The van der Waals surface area contributed by atoms with Crippen molar-refractivity contribution < 1.29 is 17.6 Å². The quantitative estimate of drug-likeness (QED) is 0.838. The second-order valence-electron chi connectivity index (χ2n) is 3.02. The Balaban J connectivity index is 2.26. The highest BCUT2D eigenvalue weighted by Crippen LogP contribution is 2.30. The summed E-state index contributed by atoms with van der Waals surface area (Å²) in [4.78, 5) is 0. The van der Waals surface area contributed by atoms with Gasteiger partial charge in [-0.25, -0.2) is 0 Å². The second-order valence-corrected chi connectivity index (χ2v) is 3.02. The molecule has 0 aliphatic rings. The van der Waals surface area contributed by atoms with Gasteiger partial charge in [0.05, 0.1) is 12.5 Å². The number of H-pyrrole nitrogens is 1. The van der Waals surface area contributed by atoms with Gasteiger partial charge in [-0.05, 0) is 12.1 Å². The van der Waals surface area contributed by atoms with Crippen molar-refractivity contribution in [2.75, 3.05) is 0 Å². The Morgan fingerprint density at radius 1 is 1.40 bits per heavy atom. The average Bonchev–Trinajstić information content (AvgIpc) is 2.73. The van der Waals surface area contributed by atoms with Gasteiger partial charge in [-0.2, -0.15) is 18.3 Å². The van der Waals surface area contributed by atoms with Gasteiger partial charge in [-0.15, -0.1) is 0 Å². The predicted molar refractivity (Wildman–Crippen MR) is 45.1 cm³/mol. The Morgan fingerprint density at radius 3 is 2.80 bits per heavy atom. The molecule has 0 saturated heterocycles. The van der Waals surface area contributed by atoms with Gasteiger partial charge in [0.2, 0.25) is 0 Å². The Bertz CT molecular complexity index is 430. The first kappa shape index (κ1) is 9.82. The number of hydrogen-bond acceptors (Lipinski definition) is 2. The molecule has 15 heavy (non-hydrogen) atoms. The molecule has 0 unspecified atom stereocenters. The first-order valence-electron chi connectivity index (χ1n) is 4.19. The largest absolute Gasteiger partial charge is 0.469 e. The van der Waals surface area contributed by atoms with Gasteiger partial charge in [0.15, 0.2) is 0 Å². The average molecular weight is 216 g/mol. The van der Waals surface area contributed by atoms with Crippen molar-refractivity contribution in [3.05, 3.63) is 41.6 Å². The van der Waals surface area contributed by atoms with Gasteiger partial charge in [-0.1, -0.05) is 0 Å². The molecule has 3 nitrogen and oxygen atoms in total. The SMILES string of the molecule is FC(F)(F)c1[nH]ncc1Cc1ccco1. The molecule has 0 bridgehead atoms. The van der Waals surface area contributed by atoms with E-state index in [0.29, 0.717) is 5.76 Å². The van der Waals surface area contributed by atoms with Crippen molar-refractivity contribution in [2.24, 2.45) is 0 Å². The zero-order chi connectivity index (χ0) is 10.9. The predicted octanol–water partition coefficient (Wildman–Crippen LogP) is 2.61. The topological polar surface area (TPSA) is 41.8 Å². The van der Waals surface area contributed by atoms with E-state index in [-0.39, 0.29) is 12.0 Å². The number of aromatic amines is 1. The van der Waals surface area contributed by atoms with Crippen molar-refractivity contribution in [3.8, 4) is 0 Å². The number of hydrogen-bond donors (Lipinski definition) is 1. The molecule has 2 aromatic heterocycles. The van der Waals surface area contributed by atoms with Crippen molar-refractivity contribution in [3.63, 3.8) is 0 Å². The van der Waals surface area contributed by atoms with Gasteiger partial charge in [0, 0.05) is 12.0 Å². The Kier molecular flexibility index (Phi) is 2.26. The molecule has 0 aliphatic heterocycles. The molecule has 0 spiro atoms. The van der Waals surface area contributed by atoms with Crippen LogP contribution in [0.1, 0.15) is 17.0 Å². The van der Waals surface area contributed by atoms with Crippen LogP contribution in [0.5, 0.6) is 0 Å². The summed E-state index contributed by atoms with van der Waals surface area (Å²) in [6.45, 7) is 0. The van der Waals surface area contributed by atoms with Crippen LogP contribution in [0.3, 0.4) is 0 Å². The first-order chi connectivity index (χ1) is 7.07. The Labute approximate surface area is 82.9 Å². The van der Waals surface area contributed by atoms with Crippen LogP contribution >= 0.6 is 0 Å². The van der Waals surface area contributed by atoms with Crippen LogP contribution < -0.4 is 0 Å². The minimum atomic E-state index is -4.40. The van der Waals surface area contributed by atoms with Gasteiger partial charge in [0.25, 0.3) is 0 Å². The van der Waals surface area contributed by atoms with Crippen molar-refractivity contribution in [1.29, 1.82) is 0 Å². The first-order valence-corrected chi connectivity index (χ1v) is 4.19. The number of rotatable bonds is 2. The highest BCUT2D eigenvalue weighted by molar-refractivity contribution is 5.24. The fourth-order valence-corrected chi connectivity index (χ4v) is 1.29. The lowest BCUT2D eigenvalue weighted by molar-refractivity contribution is -0.141. The number of nitrogens with one attached hydrogen (secondary N) is 1. The molecule has 2 heterocycles. The minimum absolute atomic E-state index is 0.0810. The number of aromatic nitrogens is 2. The monoisotopic (exact) mass is 216 g/mol. The fraction of sp³-hybridized carbons (Fsp3) is 0.222. The third-order valence-electron chi connectivity index (χ3n) is 1.95. The maximum atomic E-state index is 12.4. The molecule has 80 valence electrons. The van der Waals surface area contributed by atoms with E-state index in [2.05, 4.69) is 5.10 Å². The molecular weight excluding hydrogens is 209 g/mol. The molecule has 0 aromatic carbocycles. The zero-order valence-corrected chi connectivity index (χ0v) is 7.51. The summed E-state index contributed by atoms with van der Waals surface area (Å²) in [6, 6.07) is 3.25. The molecule has 2 rings (SSSR count). The molecule has 0 radical (unpaired) electrons. The number of furan rings is 1. The summed E-state index contributed by atoms with van der Waals surface area (Å²) in [5.41, 5.74) is -0.739. The van der Waals surface area contributed by atoms with Crippen molar-refractivity contribution in [1.82, 2.24) is 10.2 Å². The van der Waals surface area contributed by atoms with Gasteiger partial charge in [0.1, 0.15) is 11.5 Å². The molecule has 6 heteroatoms. The molecule has 0 atom stereocenters. The van der Waals surface area contributed by atoms with Gasteiger partial charge in [-0.3, -0.25) is 5.10 Å². The van der Waals surface area contributed by atoms with E-state index in [4.69, 9.17) is 4.42 Å². The van der Waals surface area contributed by atoms with E-state index in [1.165, 1.54) is 6.26 Å². The molecular formula is C9H7F3N2O. The lowest BCUT2D eigenvalue weighted by Crippen LogP contribution is -2.08. The zero-order valence-electron chi connectivity index (χ0n) is 7.51. The van der Waals surface area contributed by atoms with Crippen LogP contribution in [0.25, 0.3) is 0 Å². The Morgan fingerprint density at radius 2 is 2.20 bits per heavy atom. The van der Waals surface area contributed by atoms with Crippen LogP contribution in [0.15, 0.2) is 29.0 Å². The molecule has 0 aliphatic carbocycles. The molecule has 0 saturated carbocycles. The normalized spacial score (nSPS) is 11.9. The number of nitrogens with zero attached hydrogens (tertiary/aromatic N) is 1. The van der Waals surface area contributed by atoms with Gasteiger partial charge < -0.3 is 4.42 Å². The molecule has 0 fully saturated rings. The maximum Gasteiger partial charge on any atom is 0.433 e. The summed E-state index contributed by atoms with van der Waals surface area (Å²) >= 11 is 0. The smallest absolute Gasteiger partial charge is 0.433 e. The lowest BCUT2D eigenvalue weighted by Gasteiger charge is -2.05. The van der Waals surface area contributed by atoms with Crippen LogP contribution in [-0.2, 0) is 12.6 Å².